The highest BCUT2D eigenvalue weighted by Crippen LogP contribution is 2.33. The Morgan fingerprint density at radius 2 is 2.25 bits per heavy atom. The Kier molecular flexibility index (Phi) is 4.03. The molecule has 1 aliphatic rings. The topological polar surface area (TPSA) is 42.1 Å². The van der Waals surface area contributed by atoms with E-state index in [0.717, 1.165) is 24.5 Å². The molecule has 0 spiro atoms. The summed E-state index contributed by atoms with van der Waals surface area (Å²) in [5.74, 6) is 1.10. The summed E-state index contributed by atoms with van der Waals surface area (Å²) in [5.41, 5.74) is 8.15. The second-order valence-electron chi connectivity index (χ2n) is 5.32. The zero-order valence-corrected chi connectivity index (χ0v) is 12.7. The molecule has 2 N–H and O–H groups in total. The summed E-state index contributed by atoms with van der Waals surface area (Å²) in [6, 6.07) is 9.26. The molecule has 0 saturated heterocycles. The standard InChI is InChI=1S/C16H21N3S/c1-2-13-8-12(10-17)9-16(18-13)19(14-5-6-14)11-15-4-3-7-20-15/h3-4,7-9,14H,2,5-6,10-11,17H2,1H3. The van der Waals surface area contributed by atoms with Crippen LogP contribution in [0.1, 0.15) is 35.9 Å². The Labute approximate surface area is 124 Å². The van der Waals surface area contributed by atoms with Crippen LogP contribution in [0, 0.1) is 0 Å². The number of nitrogens with two attached hydrogens (primary N) is 1. The van der Waals surface area contributed by atoms with E-state index in [-0.39, 0.29) is 0 Å². The fraction of sp³-hybridized carbons (Fsp3) is 0.438. The van der Waals surface area contributed by atoms with Crippen molar-refractivity contribution in [2.45, 2.75) is 45.3 Å². The van der Waals surface area contributed by atoms with Gasteiger partial charge in [0.15, 0.2) is 0 Å². The maximum atomic E-state index is 5.83. The van der Waals surface area contributed by atoms with Gasteiger partial charge in [-0.1, -0.05) is 13.0 Å². The van der Waals surface area contributed by atoms with Gasteiger partial charge < -0.3 is 10.6 Å². The first-order chi connectivity index (χ1) is 9.80. The van der Waals surface area contributed by atoms with Crippen molar-refractivity contribution in [2.75, 3.05) is 4.90 Å². The van der Waals surface area contributed by atoms with Crippen LogP contribution in [0.2, 0.25) is 0 Å². The molecule has 2 heterocycles. The lowest BCUT2D eigenvalue weighted by Crippen LogP contribution is -2.26. The number of rotatable bonds is 6. The van der Waals surface area contributed by atoms with Crippen molar-refractivity contribution >= 4 is 17.2 Å². The number of thiophene rings is 1. The third-order valence-electron chi connectivity index (χ3n) is 3.71. The molecule has 3 rings (SSSR count). The predicted molar refractivity (Wildman–Crippen MR) is 85.0 cm³/mol. The van der Waals surface area contributed by atoms with Gasteiger partial charge in [0.25, 0.3) is 0 Å². The van der Waals surface area contributed by atoms with Gasteiger partial charge in [0, 0.05) is 23.2 Å². The minimum atomic E-state index is 0.583. The van der Waals surface area contributed by atoms with Crippen molar-refractivity contribution in [3.05, 3.63) is 45.8 Å². The number of hydrogen-bond acceptors (Lipinski definition) is 4. The van der Waals surface area contributed by atoms with Gasteiger partial charge in [0.05, 0.1) is 6.54 Å². The summed E-state index contributed by atoms with van der Waals surface area (Å²) in [4.78, 5) is 8.66. The van der Waals surface area contributed by atoms with Gasteiger partial charge >= 0.3 is 0 Å². The minimum absolute atomic E-state index is 0.583. The van der Waals surface area contributed by atoms with E-state index < -0.39 is 0 Å². The zero-order chi connectivity index (χ0) is 13.9. The third-order valence-corrected chi connectivity index (χ3v) is 4.57. The van der Waals surface area contributed by atoms with Crippen LogP contribution in [0.3, 0.4) is 0 Å². The van der Waals surface area contributed by atoms with E-state index in [1.807, 2.05) is 11.3 Å². The van der Waals surface area contributed by atoms with E-state index in [9.17, 15) is 0 Å². The van der Waals surface area contributed by atoms with Crippen molar-refractivity contribution in [3.63, 3.8) is 0 Å². The van der Waals surface area contributed by atoms with Crippen LogP contribution < -0.4 is 10.6 Å². The molecular formula is C16H21N3S. The van der Waals surface area contributed by atoms with Crippen molar-refractivity contribution in [2.24, 2.45) is 5.73 Å². The van der Waals surface area contributed by atoms with Crippen LogP contribution in [-0.2, 0) is 19.5 Å². The average Bonchev–Trinajstić information content (AvgIpc) is 3.20. The molecule has 0 bridgehead atoms. The zero-order valence-electron chi connectivity index (χ0n) is 11.9. The lowest BCUT2D eigenvalue weighted by Gasteiger charge is -2.24. The molecule has 0 aliphatic heterocycles. The molecule has 2 aromatic heterocycles. The Morgan fingerprint density at radius 3 is 2.85 bits per heavy atom. The molecule has 0 radical (unpaired) electrons. The molecule has 1 saturated carbocycles. The molecule has 3 nitrogen and oxygen atoms in total. The molecule has 2 aromatic rings. The van der Waals surface area contributed by atoms with E-state index in [0.29, 0.717) is 12.6 Å². The van der Waals surface area contributed by atoms with E-state index in [4.69, 9.17) is 10.7 Å². The summed E-state index contributed by atoms with van der Waals surface area (Å²) in [5, 5.41) is 2.14. The van der Waals surface area contributed by atoms with Crippen LogP contribution in [0.25, 0.3) is 0 Å². The first-order valence-electron chi connectivity index (χ1n) is 7.29. The van der Waals surface area contributed by atoms with Crippen molar-refractivity contribution < 1.29 is 0 Å². The highest BCUT2D eigenvalue weighted by Gasteiger charge is 2.30. The van der Waals surface area contributed by atoms with Gasteiger partial charge in [-0.2, -0.15) is 0 Å². The Morgan fingerprint density at radius 1 is 1.40 bits per heavy atom. The highest BCUT2D eigenvalue weighted by atomic mass is 32.1. The molecule has 0 unspecified atom stereocenters. The molecule has 0 amide bonds. The number of hydrogen-bond donors (Lipinski definition) is 1. The summed E-state index contributed by atoms with van der Waals surface area (Å²) >= 11 is 1.82. The fourth-order valence-electron chi connectivity index (χ4n) is 2.43. The summed E-state index contributed by atoms with van der Waals surface area (Å²) in [6.45, 7) is 3.69. The quantitative estimate of drug-likeness (QED) is 0.886. The average molecular weight is 287 g/mol. The predicted octanol–water partition coefficient (Wildman–Crippen LogP) is 3.33. The number of aryl methyl sites for hydroxylation is 1. The molecule has 4 heteroatoms. The summed E-state index contributed by atoms with van der Waals surface area (Å²) < 4.78 is 0. The second kappa shape index (κ2) is 5.94. The van der Waals surface area contributed by atoms with E-state index >= 15 is 0 Å². The van der Waals surface area contributed by atoms with Crippen LogP contribution >= 0.6 is 11.3 Å². The maximum Gasteiger partial charge on any atom is 0.129 e. The minimum Gasteiger partial charge on any atom is -0.348 e. The van der Waals surface area contributed by atoms with Crippen LogP contribution in [-0.4, -0.2) is 11.0 Å². The van der Waals surface area contributed by atoms with Gasteiger partial charge in [0.1, 0.15) is 5.82 Å². The van der Waals surface area contributed by atoms with Crippen LogP contribution in [0.4, 0.5) is 5.82 Å². The first kappa shape index (κ1) is 13.6. The Hall–Kier alpha value is -1.39. The molecule has 106 valence electrons. The van der Waals surface area contributed by atoms with Crippen molar-refractivity contribution in [3.8, 4) is 0 Å². The smallest absolute Gasteiger partial charge is 0.129 e. The molecule has 1 fully saturated rings. The lowest BCUT2D eigenvalue weighted by atomic mass is 10.2. The number of anilines is 1. The SMILES string of the molecule is CCc1cc(CN)cc(N(Cc2cccs2)C2CC2)n1. The van der Waals surface area contributed by atoms with Crippen molar-refractivity contribution in [1.29, 1.82) is 0 Å². The Balaban J connectivity index is 1.90. The number of pyridine rings is 1. The Bertz CT molecular complexity index is 539. The monoisotopic (exact) mass is 287 g/mol. The first-order valence-corrected chi connectivity index (χ1v) is 8.17. The van der Waals surface area contributed by atoms with Gasteiger partial charge in [-0.3, -0.25) is 0 Å². The van der Waals surface area contributed by atoms with Gasteiger partial charge in [-0.15, -0.1) is 11.3 Å². The molecule has 1 aliphatic carbocycles. The highest BCUT2D eigenvalue weighted by molar-refractivity contribution is 7.09. The summed E-state index contributed by atoms with van der Waals surface area (Å²) in [7, 11) is 0. The molecule has 20 heavy (non-hydrogen) atoms. The lowest BCUT2D eigenvalue weighted by molar-refractivity contribution is 0.778. The van der Waals surface area contributed by atoms with Crippen molar-refractivity contribution in [1.82, 2.24) is 4.98 Å². The molecule has 0 atom stereocenters. The fourth-order valence-corrected chi connectivity index (χ4v) is 3.14. The normalized spacial score (nSPS) is 14.5. The van der Waals surface area contributed by atoms with Gasteiger partial charge in [0.2, 0.25) is 0 Å². The largest absolute Gasteiger partial charge is 0.348 e. The van der Waals surface area contributed by atoms with Gasteiger partial charge in [-0.25, -0.2) is 4.98 Å². The summed E-state index contributed by atoms with van der Waals surface area (Å²) in [6.07, 6.45) is 3.51. The molecular weight excluding hydrogens is 266 g/mol. The molecule has 0 aromatic carbocycles. The van der Waals surface area contributed by atoms with E-state index in [2.05, 4.69) is 41.5 Å². The maximum absolute atomic E-state index is 5.83. The van der Waals surface area contributed by atoms with E-state index in [1.165, 1.54) is 23.3 Å². The number of aromatic nitrogens is 1. The van der Waals surface area contributed by atoms with E-state index in [1.54, 1.807) is 0 Å². The third kappa shape index (κ3) is 3.02. The second-order valence-corrected chi connectivity index (χ2v) is 6.35. The van der Waals surface area contributed by atoms with Crippen LogP contribution in [0.15, 0.2) is 29.6 Å². The van der Waals surface area contributed by atoms with Gasteiger partial charge in [-0.05, 0) is 48.4 Å². The van der Waals surface area contributed by atoms with Crippen LogP contribution in [0.5, 0.6) is 0 Å². The number of nitrogens with zero attached hydrogens (tertiary/aromatic N) is 2.